The SMILES string of the molecule is CCCC(CC=CCl)O[Si](CC)(CC)CC. The highest BCUT2D eigenvalue weighted by Crippen LogP contribution is 2.26. The molecule has 0 saturated carbocycles. The van der Waals surface area contributed by atoms with E-state index in [0.29, 0.717) is 6.10 Å². The highest BCUT2D eigenvalue weighted by atomic mass is 35.5. The molecule has 0 aliphatic rings. The van der Waals surface area contributed by atoms with Gasteiger partial charge in [0, 0.05) is 11.6 Å². The van der Waals surface area contributed by atoms with Crippen LogP contribution in [0.15, 0.2) is 11.6 Å². The molecule has 0 aromatic rings. The van der Waals surface area contributed by atoms with Gasteiger partial charge in [-0.25, -0.2) is 0 Å². The second-order valence-corrected chi connectivity index (χ2v) is 9.34. The Bertz CT molecular complexity index is 182. The summed E-state index contributed by atoms with van der Waals surface area (Å²) in [5, 5.41) is 0. The summed E-state index contributed by atoms with van der Waals surface area (Å²) in [6.45, 7) is 9.05. The lowest BCUT2D eigenvalue weighted by atomic mass is 10.1. The van der Waals surface area contributed by atoms with E-state index < -0.39 is 8.32 Å². The molecule has 1 unspecified atom stereocenters. The predicted octanol–water partition coefficient (Wildman–Crippen LogP) is 5.32. The Kier molecular flexibility index (Phi) is 9.38. The van der Waals surface area contributed by atoms with Crippen LogP contribution in [0.5, 0.6) is 0 Å². The molecule has 0 rings (SSSR count). The van der Waals surface area contributed by atoms with Crippen LogP contribution in [0.1, 0.15) is 47.0 Å². The van der Waals surface area contributed by atoms with Gasteiger partial charge in [0.1, 0.15) is 0 Å². The summed E-state index contributed by atoms with van der Waals surface area (Å²) in [7, 11) is -1.44. The highest BCUT2D eigenvalue weighted by molar-refractivity contribution is 6.73. The lowest BCUT2D eigenvalue weighted by Gasteiger charge is -2.33. The summed E-state index contributed by atoms with van der Waals surface area (Å²) in [5.74, 6) is 0. The quantitative estimate of drug-likeness (QED) is 0.511. The Morgan fingerprint density at radius 1 is 1.12 bits per heavy atom. The largest absolute Gasteiger partial charge is 0.414 e. The number of hydrogen-bond donors (Lipinski definition) is 0. The lowest BCUT2D eigenvalue weighted by molar-refractivity contribution is 0.178. The van der Waals surface area contributed by atoms with Crippen molar-refractivity contribution in [2.75, 3.05) is 0 Å². The minimum atomic E-state index is -1.44. The van der Waals surface area contributed by atoms with Crippen molar-refractivity contribution < 1.29 is 4.43 Å². The van der Waals surface area contributed by atoms with Crippen LogP contribution in [0.4, 0.5) is 0 Å². The molecule has 0 radical (unpaired) electrons. The molecule has 0 fully saturated rings. The van der Waals surface area contributed by atoms with E-state index in [1.165, 1.54) is 24.6 Å². The van der Waals surface area contributed by atoms with Crippen molar-refractivity contribution in [3.8, 4) is 0 Å². The van der Waals surface area contributed by atoms with E-state index in [1.807, 2.05) is 6.08 Å². The third-order valence-corrected chi connectivity index (χ3v) is 8.33. The molecule has 1 atom stereocenters. The van der Waals surface area contributed by atoms with E-state index in [2.05, 4.69) is 27.7 Å². The van der Waals surface area contributed by atoms with Gasteiger partial charge in [-0.3, -0.25) is 0 Å². The molecule has 3 heteroatoms. The third kappa shape index (κ3) is 5.51. The molecule has 0 aliphatic heterocycles. The molecule has 0 aromatic heterocycles. The maximum Gasteiger partial charge on any atom is 0.192 e. The van der Waals surface area contributed by atoms with Crippen LogP contribution >= 0.6 is 11.6 Å². The van der Waals surface area contributed by atoms with Crippen molar-refractivity contribution in [3.63, 3.8) is 0 Å². The fourth-order valence-corrected chi connectivity index (χ4v) is 5.13. The molecule has 0 spiro atoms. The molecule has 16 heavy (non-hydrogen) atoms. The summed E-state index contributed by atoms with van der Waals surface area (Å²) in [4.78, 5) is 0. The Labute approximate surface area is 107 Å². The van der Waals surface area contributed by atoms with E-state index in [1.54, 1.807) is 5.54 Å². The van der Waals surface area contributed by atoms with Gasteiger partial charge in [0.2, 0.25) is 0 Å². The van der Waals surface area contributed by atoms with Gasteiger partial charge in [-0.15, -0.1) is 0 Å². The molecular weight excluding hydrogens is 236 g/mol. The Hall–Kier alpha value is 0.207. The van der Waals surface area contributed by atoms with Crippen molar-refractivity contribution in [2.45, 2.75) is 71.2 Å². The van der Waals surface area contributed by atoms with E-state index in [0.717, 1.165) is 12.8 Å². The normalized spacial score (nSPS) is 14.6. The van der Waals surface area contributed by atoms with Crippen LogP contribution in [0, 0.1) is 0 Å². The highest BCUT2D eigenvalue weighted by Gasteiger charge is 2.31. The fourth-order valence-electron chi connectivity index (χ4n) is 2.10. The first-order valence-electron chi connectivity index (χ1n) is 6.61. The topological polar surface area (TPSA) is 9.23 Å². The van der Waals surface area contributed by atoms with E-state index >= 15 is 0 Å². The van der Waals surface area contributed by atoms with Gasteiger partial charge in [0.15, 0.2) is 8.32 Å². The average molecular weight is 263 g/mol. The molecule has 0 aliphatic carbocycles. The predicted molar refractivity (Wildman–Crippen MR) is 76.6 cm³/mol. The van der Waals surface area contributed by atoms with E-state index in [-0.39, 0.29) is 0 Å². The third-order valence-electron chi connectivity index (χ3n) is 3.45. The van der Waals surface area contributed by atoms with Gasteiger partial charge in [-0.05, 0) is 31.0 Å². The van der Waals surface area contributed by atoms with Crippen LogP contribution in [-0.4, -0.2) is 14.4 Å². The zero-order valence-corrected chi connectivity index (χ0v) is 13.0. The summed E-state index contributed by atoms with van der Waals surface area (Å²) in [6.07, 6.45) is 5.69. The maximum atomic E-state index is 6.46. The standard InChI is InChI=1S/C13H27ClOSi/c1-5-10-13(11-9-12-14)15-16(6-2,7-3)8-4/h9,12-13H,5-8,10-11H2,1-4H3. The zero-order valence-electron chi connectivity index (χ0n) is 11.3. The molecule has 0 aromatic carbocycles. The van der Waals surface area contributed by atoms with Crippen LogP contribution in [0.3, 0.4) is 0 Å². The first-order valence-corrected chi connectivity index (χ1v) is 9.57. The fraction of sp³-hybridized carbons (Fsp3) is 0.846. The van der Waals surface area contributed by atoms with Crippen molar-refractivity contribution >= 4 is 19.9 Å². The second kappa shape index (κ2) is 9.26. The Morgan fingerprint density at radius 2 is 1.69 bits per heavy atom. The molecule has 0 heterocycles. The summed E-state index contributed by atoms with van der Waals surface area (Å²) in [6, 6.07) is 3.68. The van der Waals surface area contributed by atoms with Crippen LogP contribution in [-0.2, 0) is 4.43 Å². The van der Waals surface area contributed by atoms with Gasteiger partial charge in [0.05, 0.1) is 0 Å². The van der Waals surface area contributed by atoms with Gasteiger partial charge < -0.3 is 4.43 Å². The van der Waals surface area contributed by atoms with Gasteiger partial charge in [-0.2, -0.15) is 0 Å². The zero-order chi connectivity index (χ0) is 12.4. The van der Waals surface area contributed by atoms with Crippen LogP contribution in [0.25, 0.3) is 0 Å². The molecule has 1 nitrogen and oxygen atoms in total. The van der Waals surface area contributed by atoms with E-state index in [4.69, 9.17) is 16.0 Å². The molecule has 0 bridgehead atoms. The maximum absolute atomic E-state index is 6.46. The van der Waals surface area contributed by atoms with Crippen LogP contribution < -0.4 is 0 Å². The monoisotopic (exact) mass is 262 g/mol. The van der Waals surface area contributed by atoms with Crippen molar-refractivity contribution in [2.24, 2.45) is 0 Å². The van der Waals surface area contributed by atoms with Crippen molar-refractivity contribution in [3.05, 3.63) is 11.6 Å². The van der Waals surface area contributed by atoms with Crippen molar-refractivity contribution in [1.82, 2.24) is 0 Å². The lowest BCUT2D eigenvalue weighted by Crippen LogP contribution is -2.39. The first kappa shape index (κ1) is 16.2. The number of hydrogen-bond acceptors (Lipinski definition) is 1. The Morgan fingerprint density at radius 3 is 2.06 bits per heavy atom. The average Bonchev–Trinajstić information content (AvgIpc) is 2.33. The summed E-state index contributed by atoms with van der Waals surface area (Å²) in [5.41, 5.74) is 1.61. The van der Waals surface area contributed by atoms with Gasteiger partial charge in [-0.1, -0.05) is 51.8 Å². The summed E-state index contributed by atoms with van der Waals surface area (Å²) >= 11 is 5.59. The molecule has 96 valence electrons. The number of halogens is 1. The van der Waals surface area contributed by atoms with Crippen LogP contribution in [0.2, 0.25) is 18.1 Å². The van der Waals surface area contributed by atoms with Crippen molar-refractivity contribution in [1.29, 1.82) is 0 Å². The second-order valence-electron chi connectivity index (χ2n) is 4.37. The Balaban J connectivity index is 4.43. The van der Waals surface area contributed by atoms with E-state index in [9.17, 15) is 0 Å². The molecule has 0 amide bonds. The van der Waals surface area contributed by atoms with Gasteiger partial charge in [0.25, 0.3) is 0 Å². The van der Waals surface area contributed by atoms with Gasteiger partial charge >= 0.3 is 0 Å². The number of rotatable bonds is 9. The smallest absolute Gasteiger partial charge is 0.192 e. The minimum absolute atomic E-state index is 0.381. The molecule has 0 N–H and O–H groups in total. The first-order chi connectivity index (χ1) is 7.67. The molecular formula is C13H27ClOSi. The molecule has 0 saturated heterocycles. The minimum Gasteiger partial charge on any atom is -0.414 e. The summed E-state index contributed by atoms with van der Waals surface area (Å²) < 4.78 is 6.46.